The van der Waals surface area contributed by atoms with Crippen LogP contribution >= 0.6 is 0 Å². The summed E-state index contributed by atoms with van der Waals surface area (Å²) in [5, 5.41) is 4.11. The average Bonchev–Trinajstić information content (AvgIpc) is 3.09. The summed E-state index contributed by atoms with van der Waals surface area (Å²) in [6, 6.07) is 3.81. The van der Waals surface area contributed by atoms with E-state index in [2.05, 4.69) is 28.6 Å². The van der Waals surface area contributed by atoms with Gasteiger partial charge in [-0.3, -0.25) is 4.68 Å². The molecule has 4 nitrogen and oxygen atoms in total. The summed E-state index contributed by atoms with van der Waals surface area (Å²) in [7, 11) is 1.75. The molecule has 0 saturated heterocycles. The Kier molecular flexibility index (Phi) is 6.75. The molecule has 0 N–H and O–H groups in total. The van der Waals surface area contributed by atoms with Crippen LogP contribution in [0.5, 0.6) is 5.75 Å². The molecule has 0 spiro atoms. The predicted molar refractivity (Wildman–Crippen MR) is 109 cm³/mol. The summed E-state index contributed by atoms with van der Waals surface area (Å²) in [4.78, 5) is 2.31. The lowest BCUT2D eigenvalue weighted by Crippen LogP contribution is -2.39. The standard InChI is InChI=1S/C22H30F3N3O/c1-4-6-10-18(8-5-2)28-11-7-9-16-12-19(17-14-26-27(3)15-17)21(13-20(16)28)29-22(23,24)25/h12-15,18H,4-11H2,1-3H3. The molecule has 1 unspecified atom stereocenters. The SMILES string of the molecule is CCCCC(CCC)N1CCCc2cc(-c3cnn(C)c3)c(OC(F)(F)F)cc21. The molecule has 160 valence electrons. The number of halogens is 3. The van der Waals surface area contributed by atoms with Gasteiger partial charge < -0.3 is 9.64 Å². The van der Waals surface area contributed by atoms with Crippen LogP contribution in [0.25, 0.3) is 11.1 Å². The van der Waals surface area contributed by atoms with E-state index in [1.807, 2.05) is 6.07 Å². The van der Waals surface area contributed by atoms with E-state index in [0.717, 1.165) is 62.7 Å². The quantitative estimate of drug-likeness (QED) is 0.528. The van der Waals surface area contributed by atoms with Crippen molar-refractivity contribution in [2.45, 2.75) is 71.2 Å². The Balaban J connectivity index is 2.05. The second-order valence-electron chi connectivity index (χ2n) is 7.81. The van der Waals surface area contributed by atoms with E-state index in [-0.39, 0.29) is 5.75 Å². The van der Waals surface area contributed by atoms with Crippen LogP contribution in [-0.4, -0.2) is 28.7 Å². The van der Waals surface area contributed by atoms with Crippen LogP contribution in [0.3, 0.4) is 0 Å². The average molecular weight is 409 g/mol. The second-order valence-corrected chi connectivity index (χ2v) is 7.81. The molecule has 0 aliphatic carbocycles. The number of aromatic nitrogens is 2. The first-order valence-corrected chi connectivity index (χ1v) is 10.5. The number of benzene rings is 1. The van der Waals surface area contributed by atoms with Gasteiger partial charge in [-0.05, 0) is 37.3 Å². The van der Waals surface area contributed by atoms with Crippen molar-refractivity contribution in [2.75, 3.05) is 11.4 Å². The van der Waals surface area contributed by atoms with Crippen molar-refractivity contribution in [1.82, 2.24) is 9.78 Å². The Morgan fingerprint density at radius 3 is 2.59 bits per heavy atom. The molecule has 1 aromatic heterocycles. The fourth-order valence-corrected chi connectivity index (χ4v) is 4.25. The lowest BCUT2D eigenvalue weighted by molar-refractivity contribution is -0.274. The third-order valence-electron chi connectivity index (χ3n) is 5.53. The van der Waals surface area contributed by atoms with Crippen molar-refractivity contribution in [3.63, 3.8) is 0 Å². The van der Waals surface area contributed by atoms with Gasteiger partial charge in [-0.25, -0.2) is 0 Å². The molecular formula is C22H30F3N3O. The first kappa shape index (κ1) is 21.5. The third kappa shape index (κ3) is 5.25. The highest BCUT2D eigenvalue weighted by Gasteiger charge is 2.34. The van der Waals surface area contributed by atoms with Gasteiger partial charge in [0.15, 0.2) is 0 Å². The number of anilines is 1. The molecular weight excluding hydrogens is 379 g/mol. The number of nitrogens with zero attached hydrogens (tertiary/aromatic N) is 3. The van der Waals surface area contributed by atoms with E-state index < -0.39 is 6.36 Å². The van der Waals surface area contributed by atoms with E-state index in [1.165, 1.54) is 0 Å². The molecule has 1 aliphatic heterocycles. The maximum atomic E-state index is 13.2. The fraction of sp³-hybridized carbons (Fsp3) is 0.591. The van der Waals surface area contributed by atoms with Gasteiger partial charge in [0.2, 0.25) is 0 Å². The zero-order valence-electron chi connectivity index (χ0n) is 17.4. The van der Waals surface area contributed by atoms with Crippen LogP contribution < -0.4 is 9.64 Å². The van der Waals surface area contributed by atoms with Gasteiger partial charge in [-0.1, -0.05) is 33.1 Å². The Labute approximate surface area is 170 Å². The van der Waals surface area contributed by atoms with E-state index in [0.29, 0.717) is 17.2 Å². The van der Waals surface area contributed by atoms with Gasteiger partial charge in [-0.15, -0.1) is 13.2 Å². The monoisotopic (exact) mass is 409 g/mol. The van der Waals surface area contributed by atoms with Gasteiger partial charge in [0.05, 0.1) is 6.20 Å². The van der Waals surface area contributed by atoms with Crippen LogP contribution in [-0.2, 0) is 13.5 Å². The summed E-state index contributed by atoms with van der Waals surface area (Å²) in [6.07, 6.45) is 5.81. The zero-order chi connectivity index (χ0) is 21.0. The topological polar surface area (TPSA) is 30.3 Å². The van der Waals surface area contributed by atoms with Crippen LogP contribution in [0.4, 0.5) is 18.9 Å². The summed E-state index contributed by atoms with van der Waals surface area (Å²) in [5.41, 5.74) is 3.04. The van der Waals surface area contributed by atoms with Crippen molar-refractivity contribution < 1.29 is 17.9 Å². The number of hydrogen-bond acceptors (Lipinski definition) is 3. The van der Waals surface area contributed by atoms with Crippen molar-refractivity contribution in [1.29, 1.82) is 0 Å². The fourth-order valence-electron chi connectivity index (χ4n) is 4.25. The van der Waals surface area contributed by atoms with E-state index in [4.69, 9.17) is 0 Å². The van der Waals surface area contributed by atoms with Gasteiger partial charge in [-0.2, -0.15) is 5.10 Å². The van der Waals surface area contributed by atoms with Crippen LogP contribution in [0.15, 0.2) is 24.5 Å². The third-order valence-corrected chi connectivity index (χ3v) is 5.53. The molecule has 0 radical (unpaired) electrons. The molecule has 2 heterocycles. The minimum atomic E-state index is -4.74. The Morgan fingerprint density at radius 2 is 1.97 bits per heavy atom. The van der Waals surface area contributed by atoms with Crippen molar-refractivity contribution in [3.8, 4) is 16.9 Å². The highest BCUT2D eigenvalue weighted by Crippen LogP contribution is 2.42. The van der Waals surface area contributed by atoms with Gasteiger partial charge in [0.25, 0.3) is 0 Å². The van der Waals surface area contributed by atoms with Crippen LogP contribution in [0, 0.1) is 0 Å². The first-order valence-electron chi connectivity index (χ1n) is 10.5. The molecule has 7 heteroatoms. The minimum absolute atomic E-state index is 0.151. The van der Waals surface area contributed by atoms with Crippen molar-refractivity contribution >= 4 is 5.69 Å². The molecule has 1 aromatic carbocycles. The van der Waals surface area contributed by atoms with E-state index in [9.17, 15) is 13.2 Å². The molecule has 3 rings (SSSR count). The smallest absolute Gasteiger partial charge is 0.405 e. The number of rotatable bonds is 8. The molecule has 0 bridgehead atoms. The Bertz CT molecular complexity index is 816. The van der Waals surface area contributed by atoms with Crippen LogP contribution in [0.1, 0.15) is 57.9 Å². The zero-order valence-corrected chi connectivity index (χ0v) is 17.4. The number of alkyl halides is 3. The largest absolute Gasteiger partial charge is 0.573 e. The number of fused-ring (bicyclic) bond motifs is 1. The number of unbranched alkanes of at least 4 members (excludes halogenated alkanes) is 1. The molecule has 2 aromatic rings. The first-order chi connectivity index (χ1) is 13.8. The van der Waals surface area contributed by atoms with Gasteiger partial charge >= 0.3 is 6.36 Å². The molecule has 1 atom stereocenters. The summed E-state index contributed by atoms with van der Waals surface area (Å²) >= 11 is 0. The predicted octanol–water partition coefficient (Wildman–Crippen LogP) is 6.10. The molecule has 0 amide bonds. The van der Waals surface area contributed by atoms with Gasteiger partial charge in [0, 0.05) is 48.7 Å². The number of aryl methyl sites for hydroxylation is 2. The molecule has 0 fully saturated rings. The highest BCUT2D eigenvalue weighted by atomic mass is 19.4. The summed E-state index contributed by atoms with van der Waals surface area (Å²) in [5.74, 6) is -0.151. The number of hydrogen-bond donors (Lipinski definition) is 0. The number of ether oxygens (including phenoxy) is 1. The van der Waals surface area contributed by atoms with Crippen LogP contribution in [0.2, 0.25) is 0 Å². The highest BCUT2D eigenvalue weighted by molar-refractivity contribution is 5.76. The maximum Gasteiger partial charge on any atom is 0.573 e. The van der Waals surface area contributed by atoms with E-state index in [1.54, 1.807) is 30.2 Å². The lowest BCUT2D eigenvalue weighted by Gasteiger charge is -2.39. The second kappa shape index (κ2) is 9.09. The summed E-state index contributed by atoms with van der Waals surface area (Å²) in [6.45, 7) is 5.20. The maximum absolute atomic E-state index is 13.2. The van der Waals surface area contributed by atoms with Crippen molar-refractivity contribution in [3.05, 3.63) is 30.1 Å². The minimum Gasteiger partial charge on any atom is -0.405 e. The van der Waals surface area contributed by atoms with E-state index >= 15 is 0 Å². The van der Waals surface area contributed by atoms with Gasteiger partial charge in [0.1, 0.15) is 5.75 Å². The molecule has 1 aliphatic rings. The lowest BCUT2D eigenvalue weighted by atomic mass is 9.93. The normalized spacial score (nSPS) is 15.3. The molecule has 29 heavy (non-hydrogen) atoms. The van der Waals surface area contributed by atoms with Crippen molar-refractivity contribution in [2.24, 2.45) is 7.05 Å². The summed E-state index contributed by atoms with van der Waals surface area (Å²) < 4.78 is 45.5. The Morgan fingerprint density at radius 1 is 1.17 bits per heavy atom. The Hall–Kier alpha value is -2.18. The molecule has 0 saturated carbocycles.